The Bertz CT molecular complexity index is 1120. The fraction of sp³-hybridized carbons (Fsp3) is 0.708. The zero-order valence-electron chi connectivity index (χ0n) is 22.6. The Kier molecular flexibility index (Phi) is 6.89. The van der Waals surface area contributed by atoms with Gasteiger partial charge in [-0.05, 0) is 48.3 Å². The third kappa shape index (κ3) is 4.96. The predicted octanol–water partition coefficient (Wildman–Crippen LogP) is 5.23. The van der Waals surface area contributed by atoms with Crippen LogP contribution < -0.4 is 11.3 Å². The zero-order valence-corrected chi connectivity index (χ0v) is 24.6. The summed E-state index contributed by atoms with van der Waals surface area (Å²) in [6.07, 6.45) is 2.37. The van der Waals surface area contributed by atoms with E-state index in [1.807, 2.05) is 4.57 Å². The first-order valence-electron chi connectivity index (χ1n) is 12.1. The Morgan fingerprint density at radius 2 is 1.74 bits per heavy atom. The number of H-pyrrole nitrogens is 1. The molecule has 0 spiro atoms. The van der Waals surface area contributed by atoms with Gasteiger partial charge in [0.15, 0.2) is 27.8 Å². The van der Waals surface area contributed by atoms with E-state index in [2.05, 4.69) is 89.3 Å². The Balaban J connectivity index is 1.98. The summed E-state index contributed by atoms with van der Waals surface area (Å²) in [6, 6.07) is -0.0958. The molecule has 2 aromatic rings. The molecule has 1 saturated carbocycles. The van der Waals surface area contributed by atoms with E-state index in [-0.39, 0.29) is 45.2 Å². The monoisotopic (exact) mass is 505 g/mol. The van der Waals surface area contributed by atoms with Crippen LogP contribution in [0.4, 0.5) is 5.95 Å². The van der Waals surface area contributed by atoms with Crippen LogP contribution in [0.25, 0.3) is 11.2 Å². The van der Waals surface area contributed by atoms with E-state index in [9.17, 15) is 4.79 Å². The topological polar surface area (TPSA) is 108 Å². The number of hydrogen-bond donors (Lipinski definition) is 2. The van der Waals surface area contributed by atoms with E-state index >= 15 is 0 Å². The molecule has 190 valence electrons. The van der Waals surface area contributed by atoms with Crippen molar-refractivity contribution in [1.29, 1.82) is 0 Å². The minimum absolute atomic E-state index is 0.0278. The Morgan fingerprint density at radius 3 is 2.29 bits per heavy atom. The van der Waals surface area contributed by atoms with Crippen LogP contribution in [0.5, 0.6) is 0 Å². The molecular formula is C24H43N5O3Si2. The quantitative estimate of drug-likeness (QED) is 0.411. The van der Waals surface area contributed by atoms with Gasteiger partial charge in [0.2, 0.25) is 5.95 Å². The average molecular weight is 506 g/mol. The standard InChI is InChI=1S/C24H43N5O3Si2/c1-15-16(13-31-33(8,9)23(2,3)4)18(32-34(10,11)24(5,6)7)12-17(15)29-14-26-19-20(29)27-22(25)28-21(19)30/h14,16-18H,1,12-13H2,2-11H3,(H3,25,27,28,30)/t16-,17?,18-/m0/s1. The third-order valence-corrected chi connectivity index (χ3v) is 17.3. The second-order valence-corrected chi connectivity index (χ2v) is 22.3. The number of anilines is 1. The van der Waals surface area contributed by atoms with E-state index in [0.29, 0.717) is 12.3 Å². The van der Waals surface area contributed by atoms with Crippen LogP contribution in [0, 0.1) is 5.92 Å². The predicted molar refractivity (Wildman–Crippen MR) is 144 cm³/mol. The first-order chi connectivity index (χ1) is 15.4. The van der Waals surface area contributed by atoms with Gasteiger partial charge in [-0.1, -0.05) is 48.1 Å². The number of hydrogen-bond acceptors (Lipinski definition) is 6. The van der Waals surface area contributed by atoms with Crippen LogP contribution in [-0.2, 0) is 8.85 Å². The number of fused-ring (bicyclic) bond motifs is 1. The van der Waals surface area contributed by atoms with E-state index in [1.165, 1.54) is 0 Å². The average Bonchev–Trinajstić information content (AvgIpc) is 3.19. The zero-order chi connectivity index (χ0) is 25.9. The third-order valence-electron chi connectivity index (χ3n) is 8.28. The number of aromatic nitrogens is 4. The van der Waals surface area contributed by atoms with Crippen molar-refractivity contribution in [2.24, 2.45) is 5.92 Å². The van der Waals surface area contributed by atoms with Crippen LogP contribution in [0.15, 0.2) is 23.3 Å². The van der Waals surface area contributed by atoms with Crippen molar-refractivity contribution in [1.82, 2.24) is 19.5 Å². The molecule has 0 aromatic carbocycles. The molecule has 0 saturated heterocycles. The molecule has 3 atom stereocenters. The van der Waals surface area contributed by atoms with Gasteiger partial charge in [-0.2, -0.15) is 4.98 Å². The molecule has 1 unspecified atom stereocenters. The molecule has 0 bridgehead atoms. The van der Waals surface area contributed by atoms with Gasteiger partial charge >= 0.3 is 0 Å². The lowest BCUT2D eigenvalue weighted by molar-refractivity contribution is 0.111. The highest BCUT2D eigenvalue weighted by Gasteiger charge is 2.47. The van der Waals surface area contributed by atoms with E-state index in [1.54, 1.807) is 6.33 Å². The maximum absolute atomic E-state index is 12.3. The summed E-state index contributed by atoms with van der Waals surface area (Å²) in [6.45, 7) is 27.7. The van der Waals surface area contributed by atoms with Crippen LogP contribution in [0.2, 0.25) is 36.3 Å². The molecule has 2 heterocycles. The SMILES string of the molecule is C=C1C(n2cnc3c(=O)[nH]c(N)nc32)C[C@H](O[Si](C)(C)C(C)(C)C)[C@H]1CO[Si](C)(C)C(C)(C)C. The van der Waals surface area contributed by atoms with Crippen molar-refractivity contribution in [2.75, 3.05) is 12.3 Å². The fourth-order valence-electron chi connectivity index (χ4n) is 3.90. The summed E-state index contributed by atoms with van der Waals surface area (Å²) in [5.74, 6) is 0.125. The highest BCUT2D eigenvalue weighted by atomic mass is 28.4. The van der Waals surface area contributed by atoms with Crippen LogP contribution in [-0.4, -0.2) is 48.9 Å². The molecule has 2 aromatic heterocycles. The summed E-state index contributed by atoms with van der Waals surface area (Å²) >= 11 is 0. The Morgan fingerprint density at radius 1 is 1.15 bits per heavy atom. The number of nitrogens with one attached hydrogen (secondary N) is 1. The summed E-state index contributed by atoms with van der Waals surface area (Å²) in [5, 5.41) is 0.202. The summed E-state index contributed by atoms with van der Waals surface area (Å²) in [7, 11) is -3.99. The largest absolute Gasteiger partial charge is 0.416 e. The molecule has 8 nitrogen and oxygen atoms in total. The summed E-state index contributed by atoms with van der Waals surface area (Å²) in [5.41, 5.74) is 7.30. The number of aromatic amines is 1. The van der Waals surface area contributed by atoms with Gasteiger partial charge in [0, 0.05) is 12.5 Å². The number of nitrogens with zero attached hydrogens (tertiary/aromatic N) is 3. The molecule has 0 radical (unpaired) electrons. The second-order valence-electron chi connectivity index (χ2n) is 12.7. The first-order valence-corrected chi connectivity index (χ1v) is 17.9. The molecule has 1 fully saturated rings. The molecule has 0 aliphatic heterocycles. The van der Waals surface area contributed by atoms with Crippen molar-refractivity contribution < 1.29 is 8.85 Å². The molecule has 1 aliphatic carbocycles. The smallest absolute Gasteiger partial charge is 0.280 e. The lowest BCUT2D eigenvalue weighted by atomic mass is 10.0. The van der Waals surface area contributed by atoms with Crippen LogP contribution in [0.1, 0.15) is 54.0 Å². The van der Waals surface area contributed by atoms with E-state index in [0.717, 1.165) is 12.0 Å². The van der Waals surface area contributed by atoms with Crippen molar-refractivity contribution in [3.05, 3.63) is 28.8 Å². The lowest BCUT2D eigenvalue weighted by Crippen LogP contribution is -2.47. The van der Waals surface area contributed by atoms with Gasteiger partial charge in [-0.3, -0.25) is 9.78 Å². The van der Waals surface area contributed by atoms with Gasteiger partial charge in [0.05, 0.1) is 18.5 Å². The lowest BCUT2D eigenvalue weighted by Gasteiger charge is -2.41. The normalized spacial score (nSPS) is 22.6. The number of nitrogen functional groups attached to an aromatic ring is 1. The van der Waals surface area contributed by atoms with Gasteiger partial charge in [0.25, 0.3) is 5.56 Å². The molecule has 34 heavy (non-hydrogen) atoms. The Hall–Kier alpha value is -1.76. The van der Waals surface area contributed by atoms with Crippen LogP contribution in [0.3, 0.4) is 0 Å². The molecule has 0 amide bonds. The van der Waals surface area contributed by atoms with E-state index in [4.69, 9.17) is 14.6 Å². The van der Waals surface area contributed by atoms with Crippen LogP contribution >= 0.6 is 0 Å². The molecule has 3 rings (SSSR count). The summed E-state index contributed by atoms with van der Waals surface area (Å²) < 4.78 is 15.5. The van der Waals surface area contributed by atoms with Gasteiger partial charge in [-0.25, -0.2) is 4.98 Å². The van der Waals surface area contributed by atoms with E-state index < -0.39 is 16.6 Å². The van der Waals surface area contributed by atoms with Crippen molar-refractivity contribution >= 4 is 33.7 Å². The number of rotatable bonds is 6. The second kappa shape index (κ2) is 8.72. The highest BCUT2D eigenvalue weighted by molar-refractivity contribution is 6.74. The summed E-state index contributed by atoms with van der Waals surface area (Å²) in [4.78, 5) is 23.6. The van der Waals surface area contributed by atoms with Gasteiger partial charge < -0.3 is 19.2 Å². The van der Waals surface area contributed by atoms with Gasteiger partial charge in [-0.15, -0.1) is 0 Å². The molecule has 1 aliphatic rings. The fourth-order valence-corrected chi connectivity index (χ4v) is 6.30. The maximum atomic E-state index is 12.3. The highest BCUT2D eigenvalue weighted by Crippen LogP contribution is 2.47. The molecule has 3 N–H and O–H groups in total. The number of nitrogens with two attached hydrogens (primary N) is 1. The maximum Gasteiger partial charge on any atom is 0.280 e. The van der Waals surface area contributed by atoms with Crippen molar-refractivity contribution in [3.63, 3.8) is 0 Å². The van der Waals surface area contributed by atoms with Crippen molar-refractivity contribution in [3.8, 4) is 0 Å². The minimum Gasteiger partial charge on any atom is -0.416 e. The molecular weight excluding hydrogens is 462 g/mol. The number of imidazole rings is 1. The van der Waals surface area contributed by atoms with Gasteiger partial charge in [0.1, 0.15) is 0 Å². The first kappa shape index (κ1) is 26.8. The Labute approximate surface area is 205 Å². The molecule has 10 heteroatoms. The van der Waals surface area contributed by atoms with Crippen molar-refractivity contribution in [2.45, 2.75) is 96.4 Å². The minimum atomic E-state index is -2.04.